The third-order valence-electron chi connectivity index (χ3n) is 7.53. The highest BCUT2D eigenvalue weighted by Crippen LogP contribution is 2.28. The highest BCUT2D eigenvalue weighted by molar-refractivity contribution is 7.15. The van der Waals surface area contributed by atoms with E-state index in [1.165, 1.54) is 29.7 Å². The third kappa shape index (κ3) is 10.7. The van der Waals surface area contributed by atoms with Gasteiger partial charge in [0.25, 0.3) is 11.8 Å². The van der Waals surface area contributed by atoms with Gasteiger partial charge in [0.05, 0.1) is 11.8 Å². The van der Waals surface area contributed by atoms with E-state index < -0.39 is 5.91 Å². The van der Waals surface area contributed by atoms with Gasteiger partial charge < -0.3 is 15.1 Å². The molecule has 3 aromatic rings. The molecule has 8 nitrogen and oxygen atoms in total. The van der Waals surface area contributed by atoms with Gasteiger partial charge in [-0.25, -0.2) is 9.82 Å². The van der Waals surface area contributed by atoms with E-state index in [0.29, 0.717) is 21.7 Å². The summed E-state index contributed by atoms with van der Waals surface area (Å²) in [6.07, 6.45) is 1.44. The fourth-order valence-corrected chi connectivity index (χ4v) is 5.68. The summed E-state index contributed by atoms with van der Waals surface area (Å²) in [5.74, 6) is -1.05. The molecule has 0 fully saturated rings. The van der Waals surface area contributed by atoms with Crippen LogP contribution in [0.4, 0.5) is 9.39 Å². The zero-order valence-corrected chi connectivity index (χ0v) is 26.8. The monoisotopic (exact) mass is 608 g/mol. The standard InChI is InChI=1S/C33H45FN6O2S/c1-6-38(7-2)17-19-40(20-18-39(8-3)9-4)23-27-11-10-12-28(21-27)31(41)36-33-30(25(5)24-43-33)32(42)37-35-22-26-13-15-29(34)16-14-26/h10-16,21-22,24H,6-9,17-20,23H2,1-5H3,(H,36,41)(H,37,42)/b35-22+. The van der Waals surface area contributed by atoms with Crippen LogP contribution in [-0.4, -0.2) is 85.1 Å². The summed E-state index contributed by atoms with van der Waals surface area (Å²) in [6, 6.07) is 13.5. The Labute approximate surface area is 259 Å². The van der Waals surface area contributed by atoms with E-state index in [2.05, 4.69) is 64.3 Å². The molecule has 0 aliphatic carbocycles. The summed E-state index contributed by atoms with van der Waals surface area (Å²) in [7, 11) is 0. The Bertz CT molecular complexity index is 1320. The number of carbonyl (C=O) groups excluding carboxylic acids is 2. The lowest BCUT2D eigenvalue weighted by Gasteiger charge is -2.29. The SMILES string of the molecule is CCN(CC)CCN(CCN(CC)CC)Cc1cccc(C(=O)Nc2scc(C)c2C(=O)N/N=C/c2ccc(F)cc2)c1. The van der Waals surface area contributed by atoms with Gasteiger partial charge in [-0.1, -0.05) is 52.0 Å². The number of hydrazone groups is 1. The van der Waals surface area contributed by atoms with E-state index in [1.807, 2.05) is 24.4 Å². The molecule has 0 aliphatic rings. The number of halogens is 1. The van der Waals surface area contributed by atoms with Crippen molar-refractivity contribution in [2.75, 3.05) is 57.7 Å². The molecule has 3 rings (SSSR count). The molecular weight excluding hydrogens is 563 g/mol. The van der Waals surface area contributed by atoms with E-state index in [1.54, 1.807) is 18.2 Å². The predicted molar refractivity (Wildman–Crippen MR) is 176 cm³/mol. The van der Waals surface area contributed by atoms with Crippen molar-refractivity contribution in [1.82, 2.24) is 20.1 Å². The van der Waals surface area contributed by atoms with Gasteiger partial charge in [0.2, 0.25) is 0 Å². The Morgan fingerprint density at radius 3 is 2.07 bits per heavy atom. The van der Waals surface area contributed by atoms with Crippen LogP contribution in [0.25, 0.3) is 0 Å². The molecule has 0 radical (unpaired) electrons. The molecule has 232 valence electrons. The molecule has 2 aromatic carbocycles. The minimum atomic E-state index is -0.432. The second-order valence-electron chi connectivity index (χ2n) is 10.4. The number of aryl methyl sites for hydroxylation is 1. The van der Waals surface area contributed by atoms with Crippen molar-refractivity contribution >= 4 is 34.4 Å². The lowest BCUT2D eigenvalue weighted by molar-refractivity contribution is 0.0956. The number of rotatable bonds is 17. The van der Waals surface area contributed by atoms with Crippen molar-refractivity contribution in [2.24, 2.45) is 5.10 Å². The number of nitrogens with one attached hydrogen (secondary N) is 2. The van der Waals surface area contributed by atoms with Crippen molar-refractivity contribution in [1.29, 1.82) is 0 Å². The number of carbonyl (C=O) groups is 2. The molecule has 0 bridgehead atoms. The van der Waals surface area contributed by atoms with Gasteiger partial charge in [-0.05, 0) is 79.4 Å². The van der Waals surface area contributed by atoms with E-state index in [0.717, 1.165) is 70.0 Å². The van der Waals surface area contributed by atoms with Gasteiger partial charge in [-0.2, -0.15) is 5.10 Å². The largest absolute Gasteiger partial charge is 0.313 e. The number of hydrogen-bond acceptors (Lipinski definition) is 7. The van der Waals surface area contributed by atoms with Crippen LogP contribution in [0.1, 0.15) is 65.1 Å². The summed E-state index contributed by atoms with van der Waals surface area (Å²) >= 11 is 1.30. The summed E-state index contributed by atoms with van der Waals surface area (Å²) in [6.45, 7) is 19.4. The highest BCUT2D eigenvalue weighted by Gasteiger charge is 2.19. The van der Waals surface area contributed by atoms with Crippen LogP contribution in [0.2, 0.25) is 0 Å². The van der Waals surface area contributed by atoms with Crippen LogP contribution in [0.15, 0.2) is 59.0 Å². The second-order valence-corrected chi connectivity index (χ2v) is 11.2. The molecule has 0 atom stereocenters. The van der Waals surface area contributed by atoms with Crippen LogP contribution in [-0.2, 0) is 6.54 Å². The van der Waals surface area contributed by atoms with Crippen LogP contribution in [0, 0.1) is 12.7 Å². The van der Waals surface area contributed by atoms with Gasteiger partial charge in [0.15, 0.2) is 0 Å². The zero-order valence-electron chi connectivity index (χ0n) is 26.0. The molecule has 1 aromatic heterocycles. The maximum Gasteiger partial charge on any atom is 0.274 e. The molecule has 0 saturated heterocycles. The molecule has 2 amide bonds. The first-order valence-electron chi connectivity index (χ1n) is 15.0. The first-order chi connectivity index (χ1) is 20.8. The predicted octanol–water partition coefficient (Wildman–Crippen LogP) is 5.70. The van der Waals surface area contributed by atoms with Crippen molar-refractivity contribution in [3.05, 3.63) is 87.5 Å². The van der Waals surface area contributed by atoms with Crippen molar-refractivity contribution in [3.63, 3.8) is 0 Å². The minimum absolute atomic E-state index is 0.273. The molecule has 0 saturated carbocycles. The second kappa shape index (κ2) is 17.6. The maximum atomic E-state index is 13.3. The number of benzene rings is 2. The molecule has 10 heteroatoms. The average molecular weight is 609 g/mol. The van der Waals surface area contributed by atoms with Crippen molar-refractivity contribution in [3.8, 4) is 0 Å². The number of amides is 2. The summed E-state index contributed by atoms with van der Waals surface area (Å²) in [5.41, 5.74) is 5.87. The molecular formula is C33H45FN6O2S. The Morgan fingerprint density at radius 2 is 1.47 bits per heavy atom. The van der Waals surface area contributed by atoms with Crippen LogP contribution in [0.3, 0.4) is 0 Å². The molecule has 0 unspecified atom stereocenters. The van der Waals surface area contributed by atoms with E-state index in [-0.39, 0.29) is 11.7 Å². The molecule has 0 aliphatic heterocycles. The highest BCUT2D eigenvalue weighted by atomic mass is 32.1. The fourth-order valence-electron chi connectivity index (χ4n) is 4.75. The first kappa shape index (κ1) is 34.1. The fraction of sp³-hybridized carbons (Fsp3) is 0.424. The zero-order chi connectivity index (χ0) is 31.2. The number of hydrogen-bond donors (Lipinski definition) is 2. The summed E-state index contributed by atoms with van der Waals surface area (Å²) in [4.78, 5) is 33.6. The Kier molecular flexibility index (Phi) is 14.0. The first-order valence-corrected chi connectivity index (χ1v) is 15.9. The quantitative estimate of drug-likeness (QED) is 0.152. The van der Waals surface area contributed by atoms with Crippen molar-refractivity contribution < 1.29 is 14.0 Å². The van der Waals surface area contributed by atoms with Gasteiger partial charge in [0, 0.05) is 38.3 Å². The lowest BCUT2D eigenvalue weighted by Crippen LogP contribution is -2.39. The summed E-state index contributed by atoms with van der Waals surface area (Å²) in [5, 5.41) is 9.21. The summed E-state index contributed by atoms with van der Waals surface area (Å²) < 4.78 is 13.1. The molecule has 1 heterocycles. The van der Waals surface area contributed by atoms with Crippen LogP contribution < -0.4 is 10.7 Å². The van der Waals surface area contributed by atoms with Gasteiger partial charge in [-0.15, -0.1) is 11.3 Å². The number of likely N-dealkylation sites (N-methyl/N-ethyl adjacent to an activating group) is 2. The molecule has 2 N–H and O–H groups in total. The Morgan fingerprint density at radius 1 is 0.860 bits per heavy atom. The Balaban J connectivity index is 1.68. The van der Waals surface area contributed by atoms with E-state index in [4.69, 9.17) is 0 Å². The maximum absolute atomic E-state index is 13.3. The third-order valence-corrected chi connectivity index (χ3v) is 8.54. The van der Waals surface area contributed by atoms with Crippen LogP contribution >= 0.6 is 11.3 Å². The topological polar surface area (TPSA) is 80.3 Å². The number of thiophene rings is 1. The smallest absolute Gasteiger partial charge is 0.274 e. The molecule has 0 spiro atoms. The number of nitrogens with zero attached hydrogens (tertiary/aromatic N) is 4. The van der Waals surface area contributed by atoms with E-state index in [9.17, 15) is 14.0 Å². The van der Waals surface area contributed by atoms with Gasteiger partial charge in [0.1, 0.15) is 10.8 Å². The lowest BCUT2D eigenvalue weighted by atomic mass is 10.1. The number of anilines is 1. The normalized spacial score (nSPS) is 11.7. The van der Waals surface area contributed by atoms with Crippen LogP contribution in [0.5, 0.6) is 0 Å². The van der Waals surface area contributed by atoms with Crippen molar-refractivity contribution in [2.45, 2.75) is 41.2 Å². The van der Waals surface area contributed by atoms with E-state index >= 15 is 0 Å². The minimum Gasteiger partial charge on any atom is -0.313 e. The molecule has 43 heavy (non-hydrogen) atoms. The average Bonchev–Trinajstić information content (AvgIpc) is 3.38. The van der Waals surface area contributed by atoms with Gasteiger partial charge >= 0.3 is 0 Å². The van der Waals surface area contributed by atoms with Gasteiger partial charge in [-0.3, -0.25) is 14.5 Å². The Hall–Kier alpha value is -3.44.